The van der Waals surface area contributed by atoms with E-state index in [1.807, 2.05) is 19.9 Å². The molecule has 0 saturated carbocycles. The van der Waals surface area contributed by atoms with Gasteiger partial charge in [-0.15, -0.1) is 0 Å². The molecule has 18 unspecified atom stereocenters. The van der Waals surface area contributed by atoms with Gasteiger partial charge in [-0.3, -0.25) is 0 Å². The molecule has 15 nitrogen and oxygen atoms in total. The van der Waals surface area contributed by atoms with Gasteiger partial charge in [0.05, 0.1) is 49.3 Å². The van der Waals surface area contributed by atoms with Gasteiger partial charge in [-0.2, -0.15) is 0 Å². The second kappa shape index (κ2) is 20.9. The van der Waals surface area contributed by atoms with Crippen LogP contribution < -0.4 is 0 Å². The number of aliphatic hydroxyl groups excluding tert-OH is 5. The Hall–Kier alpha value is -2.09. The largest absolute Gasteiger partial charge is 0.459 e. The van der Waals surface area contributed by atoms with E-state index in [9.17, 15) is 30.3 Å². The van der Waals surface area contributed by atoms with E-state index in [0.717, 1.165) is 44.3 Å². The highest BCUT2D eigenvalue weighted by molar-refractivity contribution is 5.78. The van der Waals surface area contributed by atoms with Gasteiger partial charge in [-0.1, -0.05) is 51.7 Å². The van der Waals surface area contributed by atoms with Gasteiger partial charge in [0.25, 0.3) is 0 Å². The predicted octanol–water partition coefficient (Wildman–Crippen LogP) is 4.97. The maximum Gasteiger partial charge on any atom is 0.338 e. The molecule has 7 aliphatic heterocycles. The third-order valence-corrected chi connectivity index (χ3v) is 15.2. The van der Waals surface area contributed by atoms with Gasteiger partial charge in [0.2, 0.25) is 5.79 Å². The maximum absolute atomic E-state index is 12.9. The quantitative estimate of drug-likeness (QED) is 0.0946. The number of carbonyl (C=O) groups is 1. The lowest BCUT2D eigenvalue weighted by molar-refractivity contribution is -0.321. The fourth-order valence-corrected chi connectivity index (χ4v) is 11.3. The molecule has 0 amide bonds. The molecule has 0 aliphatic carbocycles. The molecule has 0 bridgehead atoms. The Morgan fingerprint density at radius 3 is 2.49 bits per heavy atom. The van der Waals surface area contributed by atoms with E-state index in [4.69, 9.17) is 43.0 Å². The van der Waals surface area contributed by atoms with Crippen molar-refractivity contribution in [3.63, 3.8) is 0 Å². The molecule has 6 fully saturated rings. The van der Waals surface area contributed by atoms with Crippen LogP contribution in [0.1, 0.15) is 131 Å². The first-order chi connectivity index (χ1) is 30.8. The van der Waals surface area contributed by atoms with Crippen LogP contribution in [-0.4, -0.2) is 147 Å². The second-order valence-electron chi connectivity index (χ2n) is 20.8. The van der Waals surface area contributed by atoms with Gasteiger partial charge in [-0.25, -0.2) is 4.79 Å². The molecule has 368 valence electrons. The summed E-state index contributed by atoms with van der Waals surface area (Å²) in [5.74, 6) is -3.53. The van der Waals surface area contributed by atoms with Gasteiger partial charge in [0, 0.05) is 51.0 Å². The topological polar surface area (TPSA) is 212 Å². The SMILES string of the molecule is C=C(COC(=O)C(C)(O)CC1CCC(O)C2(C=C(C)CC(C(C)C=CC3CCC4(CCC5OC(C(O)CC(C)C6OC7(CCCCO7)CCC6C)C(=C)C(O)C5O4)O3)O2)O1)C(O)CCO. The minimum Gasteiger partial charge on any atom is -0.459 e. The summed E-state index contributed by atoms with van der Waals surface area (Å²) in [5.41, 5.74) is -0.339. The molecule has 7 rings (SSSR count). The summed E-state index contributed by atoms with van der Waals surface area (Å²) in [6.07, 6.45) is 7.99. The molecule has 15 heteroatoms. The van der Waals surface area contributed by atoms with E-state index in [1.54, 1.807) is 6.08 Å². The summed E-state index contributed by atoms with van der Waals surface area (Å²) < 4.78 is 50.9. The smallest absolute Gasteiger partial charge is 0.338 e. The third-order valence-electron chi connectivity index (χ3n) is 15.2. The Kier molecular flexibility index (Phi) is 16.3. The number of ether oxygens (including phenoxy) is 8. The standard InChI is InChI=1S/C50H78O15/c1-29-24-40(63-50(26-29)41(54)13-12-36(62-50)27-47(7,57)46(56)58-28-33(5)37(52)17-22-51)30(2)10-11-35-15-20-49(61-35)21-16-39-45(65-49)42(55)34(6)44(60-39)38(53)25-32(4)43-31(3)14-19-48(64-43)18-8-9-23-59-48/h10-11,26,30-32,35-45,51-55,57H,5-6,8-9,12-25,27-28H2,1-4,7H3. The summed E-state index contributed by atoms with van der Waals surface area (Å²) in [6.45, 7) is 17.7. The van der Waals surface area contributed by atoms with Crippen LogP contribution in [0.25, 0.3) is 0 Å². The lowest BCUT2D eigenvalue weighted by Gasteiger charge is -2.50. The van der Waals surface area contributed by atoms with Crippen molar-refractivity contribution in [2.24, 2.45) is 17.8 Å². The highest BCUT2D eigenvalue weighted by Crippen LogP contribution is 2.47. The highest BCUT2D eigenvalue weighted by atomic mass is 16.7. The zero-order chi connectivity index (χ0) is 46.9. The van der Waals surface area contributed by atoms with Crippen LogP contribution in [-0.2, 0) is 42.7 Å². The maximum atomic E-state index is 12.9. The number of carbonyl (C=O) groups excluding carboxylic acids is 1. The Labute approximate surface area is 385 Å². The normalized spacial score (nSPS) is 41.7. The van der Waals surface area contributed by atoms with E-state index < -0.39 is 77.8 Å². The van der Waals surface area contributed by atoms with E-state index in [-0.39, 0.29) is 61.8 Å². The number of rotatable bonds is 15. The van der Waals surface area contributed by atoms with Crippen molar-refractivity contribution in [1.29, 1.82) is 0 Å². The van der Waals surface area contributed by atoms with Crippen LogP contribution >= 0.6 is 0 Å². The van der Waals surface area contributed by atoms with E-state index in [1.165, 1.54) is 6.92 Å². The van der Waals surface area contributed by atoms with Gasteiger partial charge < -0.3 is 68.5 Å². The third kappa shape index (κ3) is 11.5. The summed E-state index contributed by atoms with van der Waals surface area (Å²) in [5, 5.41) is 64.7. The van der Waals surface area contributed by atoms with Gasteiger partial charge >= 0.3 is 5.97 Å². The molecule has 18 atom stereocenters. The summed E-state index contributed by atoms with van der Waals surface area (Å²) in [7, 11) is 0. The van der Waals surface area contributed by atoms with Crippen molar-refractivity contribution in [2.75, 3.05) is 19.8 Å². The molecular formula is C50H78O15. The average Bonchev–Trinajstić information content (AvgIpc) is 3.66. The molecule has 65 heavy (non-hydrogen) atoms. The van der Waals surface area contributed by atoms with Crippen LogP contribution in [0, 0.1) is 17.8 Å². The molecule has 3 spiro atoms. The number of hydrogen-bond donors (Lipinski definition) is 6. The van der Waals surface area contributed by atoms with Gasteiger partial charge in [0.1, 0.15) is 31.0 Å². The van der Waals surface area contributed by atoms with Crippen molar-refractivity contribution in [3.8, 4) is 0 Å². The molecule has 7 heterocycles. The monoisotopic (exact) mass is 919 g/mol. The minimum atomic E-state index is -1.93. The zero-order valence-electron chi connectivity index (χ0n) is 39.3. The Morgan fingerprint density at radius 2 is 1.75 bits per heavy atom. The predicted molar refractivity (Wildman–Crippen MR) is 238 cm³/mol. The number of esters is 1. The van der Waals surface area contributed by atoms with Crippen molar-refractivity contribution < 1.29 is 73.3 Å². The average molecular weight is 919 g/mol. The fraction of sp³-hybridized carbons (Fsp3) is 0.820. The molecule has 0 radical (unpaired) electrons. The first-order valence-electron chi connectivity index (χ1n) is 24.4. The molecule has 6 saturated heterocycles. The van der Waals surface area contributed by atoms with Crippen LogP contribution in [0.4, 0.5) is 0 Å². The van der Waals surface area contributed by atoms with Crippen molar-refractivity contribution in [3.05, 3.63) is 48.1 Å². The summed E-state index contributed by atoms with van der Waals surface area (Å²) in [6, 6.07) is 0. The molecule has 6 N–H and O–H groups in total. The van der Waals surface area contributed by atoms with E-state index in [0.29, 0.717) is 62.9 Å². The second-order valence-corrected chi connectivity index (χ2v) is 20.8. The Bertz CT molecular complexity index is 1720. The van der Waals surface area contributed by atoms with Crippen LogP contribution in [0.15, 0.2) is 48.1 Å². The van der Waals surface area contributed by atoms with E-state index >= 15 is 0 Å². The summed E-state index contributed by atoms with van der Waals surface area (Å²) >= 11 is 0. The van der Waals surface area contributed by atoms with Gasteiger partial charge in [-0.05, 0) is 101 Å². The molecule has 0 aromatic rings. The molecule has 0 aromatic heterocycles. The lowest BCUT2D eigenvalue weighted by atomic mass is 9.79. The summed E-state index contributed by atoms with van der Waals surface area (Å²) in [4.78, 5) is 12.9. The Morgan fingerprint density at radius 1 is 1.00 bits per heavy atom. The molecule has 7 aliphatic rings. The number of hydrogen-bond acceptors (Lipinski definition) is 15. The van der Waals surface area contributed by atoms with Crippen LogP contribution in [0.3, 0.4) is 0 Å². The van der Waals surface area contributed by atoms with Crippen molar-refractivity contribution in [2.45, 2.75) is 221 Å². The first-order valence-corrected chi connectivity index (χ1v) is 24.4. The Balaban J connectivity index is 0.900. The van der Waals surface area contributed by atoms with E-state index in [2.05, 4.69) is 33.1 Å². The number of fused-ring (bicyclic) bond motifs is 1. The zero-order valence-corrected chi connectivity index (χ0v) is 39.3. The molecular weight excluding hydrogens is 841 g/mol. The van der Waals surface area contributed by atoms with Crippen LogP contribution in [0.5, 0.6) is 0 Å². The fourth-order valence-electron chi connectivity index (χ4n) is 11.3. The minimum absolute atomic E-state index is 0.0394. The number of aliphatic hydroxyl groups is 6. The molecule has 0 aromatic carbocycles. The lowest BCUT2D eigenvalue weighted by Crippen LogP contribution is -2.60. The highest BCUT2D eigenvalue weighted by Gasteiger charge is 2.55. The van der Waals surface area contributed by atoms with Crippen molar-refractivity contribution in [1.82, 2.24) is 0 Å². The first kappa shape index (κ1) is 50.8. The van der Waals surface area contributed by atoms with Crippen LogP contribution in [0.2, 0.25) is 0 Å². The van der Waals surface area contributed by atoms with Gasteiger partial charge in [0.15, 0.2) is 17.2 Å². The van der Waals surface area contributed by atoms with Crippen molar-refractivity contribution >= 4 is 5.97 Å².